The number of rotatable bonds is 32. The number of carbonyl (C=O) groups is 2. The summed E-state index contributed by atoms with van der Waals surface area (Å²) in [5.74, 6) is -1.09. The molecule has 0 aromatic rings. The maximum Gasteiger partial charge on any atom is 0.472 e. The molecule has 1 unspecified atom stereocenters. The van der Waals surface area contributed by atoms with Gasteiger partial charge in [0.05, 0.1) is 13.2 Å². The van der Waals surface area contributed by atoms with E-state index in [0.717, 1.165) is 32.1 Å². The molecular weight excluding hydrogens is 581 g/mol. The van der Waals surface area contributed by atoms with Crippen LogP contribution in [0.2, 0.25) is 0 Å². The lowest BCUT2D eigenvalue weighted by molar-refractivity contribution is -0.157. The van der Waals surface area contributed by atoms with Crippen LogP contribution in [0.5, 0.6) is 0 Å². The largest absolute Gasteiger partial charge is 0.472 e. The Morgan fingerprint density at radius 3 is 1.80 bits per heavy atom. The van der Waals surface area contributed by atoms with Crippen LogP contribution in [0.1, 0.15) is 149 Å². The molecule has 0 heterocycles. The molecule has 0 aliphatic heterocycles. The zero-order valence-corrected chi connectivity index (χ0v) is 28.8. The molecule has 0 amide bonds. The molecule has 0 aliphatic rings. The van der Waals surface area contributed by atoms with Gasteiger partial charge in [-0.3, -0.25) is 13.8 Å². The second-order valence-corrected chi connectivity index (χ2v) is 12.9. The highest BCUT2D eigenvalue weighted by Crippen LogP contribution is 2.43. The number of hydrogen-bond acceptors (Lipinski definition) is 8. The number of nitrogens with two attached hydrogens (primary N) is 1. The minimum Gasteiger partial charge on any atom is -0.462 e. The van der Waals surface area contributed by atoms with E-state index in [0.29, 0.717) is 0 Å². The van der Waals surface area contributed by atoms with Crippen LogP contribution < -0.4 is 5.73 Å². The van der Waals surface area contributed by atoms with E-state index in [1.807, 2.05) is 6.08 Å². The standard InChI is InChI=1S/C34H64NO8P/c1-3-5-7-9-11-13-14-15-16-17-18-19-21-23-25-27-34(37)43-32(31-42-44(38,39)41-29-28-35)30-40-33(36)26-24-22-20-12-10-8-6-4-2/h21,23,25,27,32H,3-20,22,24,26,28-31,35H2,1-2H3,(H,38,39)/b23-21+,27-25+/t32-/m1/s1. The van der Waals surface area contributed by atoms with Gasteiger partial charge in [-0.05, 0) is 19.3 Å². The Morgan fingerprint density at radius 1 is 0.727 bits per heavy atom. The third-order valence-electron chi connectivity index (χ3n) is 7.20. The Morgan fingerprint density at radius 2 is 1.25 bits per heavy atom. The molecule has 9 nitrogen and oxygen atoms in total. The summed E-state index contributed by atoms with van der Waals surface area (Å²) in [6, 6.07) is 0. The number of allylic oxidation sites excluding steroid dienone is 3. The molecule has 0 aromatic carbocycles. The Bertz CT molecular complexity index is 789. The molecule has 2 atom stereocenters. The summed E-state index contributed by atoms with van der Waals surface area (Å²) < 4.78 is 32.3. The van der Waals surface area contributed by atoms with Gasteiger partial charge in [0.2, 0.25) is 0 Å². The number of phosphoric ester groups is 1. The average molecular weight is 646 g/mol. The molecule has 0 radical (unpaired) electrons. The van der Waals surface area contributed by atoms with Crippen molar-refractivity contribution in [2.45, 2.75) is 155 Å². The van der Waals surface area contributed by atoms with Gasteiger partial charge >= 0.3 is 19.8 Å². The van der Waals surface area contributed by atoms with E-state index >= 15 is 0 Å². The van der Waals surface area contributed by atoms with Gasteiger partial charge in [-0.2, -0.15) is 0 Å². The first-order chi connectivity index (χ1) is 21.3. The highest BCUT2D eigenvalue weighted by atomic mass is 31.2. The summed E-state index contributed by atoms with van der Waals surface area (Å²) >= 11 is 0. The van der Waals surface area contributed by atoms with Crippen LogP contribution in [-0.4, -0.2) is 49.3 Å². The van der Waals surface area contributed by atoms with E-state index < -0.39 is 32.5 Å². The van der Waals surface area contributed by atoms with E-state index in [9.17, 15) is 19.0 Å². The van der Waals surface area contributed by atoms with Crippen LogP contribution in [0.4, 0.5) is 0 Å². The molecule has 0 rings (SSSR count). The van der Waals surface area contributed by atoms with Crippen LogP contribution >= 0.6 is 7.82 Å². The molecule has 44 heavy (non-hydrogen) atoms. The number of esters is 2. The van der Waals surface area contributed by atoms with Gasteiger partial charge in [-0.25, -0.2) is 9.36 Å². The van der Waals surface area contributed by atoms with Crippen LogP contribution in [0.15, 0.2) is 24.3 Å². The predicted octanol–water partition coefficient (Wildman–Crippen LogP) is 8.88. The van der Waals surface area contributed by atoms with Gasteiger partial charge in [0.15, 0.2) is 6.10 Å². The molecule has 0 saturated carbocycles. The highest BCUT2D eigenvalue weighted by Gasteiger charge is 2.25. The van der Waals surface area contributed by atoms with Crippen molar-refractivity contribution in [3.05, 3.63) is 24.3 Å². The molecule has 258 valence electrons. The summed E-state index contributed by atoms with van der Waals surface area (Å²) in [5, 5.41) is 0. The Kier molecular flexibility index (Phi) is 30.4. The first-order valence-corrected chi connectivity index (χ1v) is 18.9. The lowest BCUT2D eigenvalue weighted by Gasteiger charge is -2.19. The van der Waals surface area contributed by atoms with Crippen molar-refractivity contribution in [3.63, 3.8) is 0 Å². The van der Waals surface area contributed by atoms with Crippen molar-refractivity contribution in [2.24, 2.45) is 5.73 Å². The van der Waals surface area contributed by atoms with E-state index in [1.54, 1.807) is 12.2 Å². The molecule has 0 bridgehead atoms. The first-order valence-electron chi connectivity index (χ1n) is 17.4. The summed E-state index contributed by atoms with van der Waals surface area (Å²) in [6.45, 7) is 3.55. The number of phosphoric acid groups is 1. The SMILES string of the molecule is CCCCCCCCCCCCC/C=C/C=C/C(=O)O[C@H](COC(=O)CCCCCCCCCC)COP(=O)(O)OCCN. The second-order valence-electron chi connectivity index (χ2n) is 11.5. The quantitative estimate of drug-likeness (QED) is 0.0242. The van der Waals surface area contributed by atoms with Crippen molar-refractivity contribution in [3.8, 4) is 0 Å². The second kappa shape index (κ2) is 31.5. The summed E-state index contributed by atoms with van der Waals surface area (Å²) in [5.41, 5.74) is 5.30. The maximum absolute atomic E-state index is 12.3. The first kappa shape index (κ1) is 42.5. The number of unbranched alkanes of at least 4 members (excludes halogenated alkanes) is 18. The maximum atomic E-state index is 12.3. The van der Waals surface area contributed by atoms with Crippen molar-refractivity contribution >= 4 is 19.8 Å². The minimum atomic E-state index is -4.38. The number of ether oxygens (including phenoxy) is 2. The van der Waals surface area contributed by atoms with Gasteiger partial charge in [0.1, 0.15) is 6.61 Å². The van der Waals surface area contributed by atoms with Gasteiger partial charge < -0.3 is 20.1 Å². The van der Waals surface area contributed by atoms with Gasteiger partial charge in [0.25, 0.3) is 0 Å². The zero-order valence-electron chi connectivity index (χ0n) is 27.9. The normalized spacial score (nSPS) is 13.8. The third-order valence-corrected chi connectivity index (χ3v) is 8.18. The van der Waals surface area contributed by atoms with Crippen LogP contribution in [-0.2, 0) is 32.7 Å². The predicted molar refractivity (Wildman–Crippen MR) is 178 cm³/mol. The highest BCUT2D eigenvalue weighted by molar-refractivity contribution is 7.47. The fourth-order valence-electron chi connectivity index (χ4n) is 4.60. The molecule has 3 N–H and O–H groups in total. The lowest BCUT2D eigenvalue weighted by Crippen LogP contribution is -2.29. The monoisotopic (exact) mass is 645 g/mol. The topological polar surface area (TPSA) is 134 Å². The number of carbonyl (C=O) groups excluding carboxylic acids is 2. The molecule has 0 fully saturated rings. The Balaban J connectivity index is 4.37. The van der Waals surface area contributed by atoms with Crippen LogP contribution in [0.3, 0.4) is 0 Å². The fourth-order valence-corrected chi connectivity index (χ4v) is 5.36. The fraction of sp³-hybridized carbons (Fsp3) is 0.824. The minimum absolute atomic E-state index is 0.0419. The molecule has 0 spiro atoms. The van der Waals surface area contributed by atoms with Crippen molar-refractivity contribution in [2.75, 3.05) is 26.4 Å². The van der Waals surface area contributed by atoms with Gasteiger partial charge in [-0.1, -0.05) is 141 Å². The van der Waals surface area contributed by atoms with Gasteiger partial charge in [-0.15, -0.1) is 0 Å². The molecule has 0 aliphatic carbocycles. The lowest BCUT2D eigenvalue weighted by atomic mass is 10.1. The van der Waals surface area contributed by atoms with Crippen LogP contribution in [0.25, 0.3) is 0 Å². The van der Waals surface area contributed by atoms with E-state index in [-0.39, 0.29) is 26.2 Å². The smallest absolute Gasteiger partial charge is 0.462 e. The molecular formula is C34H64NO8P. The average Bonchev–Trinajstić information content (AvgIpc) is 3.00. The van der Waals surface area contributed by atoms with E-state index in [4.69, 9.17) is 24.3 Å². The summed E-state index contributed by atoms with van der Waals surface area (Å²) in [6.07, 6.45) is 30.0. The Labute approximate surface area is 268 Å². The Hall–Kier alpha value is -1.51. The zero-order chi connectivity index (χ0) is 32.6. The third kappa shape index (κ3) is 30.5. The van der Waals surface area contributed by atoms with Crippen LogP contribution in [0, 0.1) is 0 Å². The van der Waals surface area contributed by atoms with Crippen molar-refractivity contribution in [1.29, 1.82) is 0 Å². The van der Waals surface area contributed by atoms with Crippen molar-refractivity contribution < 1.29 is 37.6 Å². The summed E-state index contributed by atoms with van der Waals surface area (Å²) in [7, 11) is -4.38. The van der Waals surface area contributed by atoms with E-state index in [1.165, 1.54) is 102 Å². The molecule has 10 heteroatoms. The molecule has 0 saturated heterocycles. The number of hydrogen-bond donors (Lipinski definition) is 2. The van der Waals surface area contributed by atoms with E-state index in [2.05, 4.69) is 13.8 Å². The van der Waals surface area contributed by atoms with Gasteiger partial charge in [0, 0.05) is 19.0 Å². The molecule has 0 aromatic heterocycles. The summed E-state index contributed by atoms with van der Waals surface area (Å²) in [4.78, 5) is 34.3. The van der Waals surface area contributed by atoms with Crippen molar-refractivity contribution in [1.82, 2.24) is 0 Å².